The first-order chi connectivity index (χ1) is 8.22. The van der Waals surface area contributed by atoms with E-state index in [2.05, 4.69) is 17.5 Å². The summed E-state index contributed by atoms with van der Waals surface area (Å²) >= 11 is 0. The normalized spacial score (nSPS) is 10.4. The van der Waals surface area contributed by atoms with Crippen molar-refractivity contribution in [2.24, 2.45) is 10.8 Å². The monoisotopic (exact) mass is 235 g/mol. The molecule has 2 amide bonds. The van der Waals surface area contributed by atoms with Crippen LogP contribution in [0, 0.1) is 0 Å². The average Bonchev–Trinajstić information content (AvgIpc) is 2.29. The number of urea groups is 1. The zero-order valence-corrected chi connectivity index (χ0v) is 9.85. The first kappa shape index (κ1) is 13.0. The molecular weight excluding hydrogens is 218 g/mol. The lowest BCUT2D eigenvalue weighted by Gasteiger charge is -2.05. The van der Waals surface area contributed by atoms with Gasteiger partial charge in [-0.3, -0.25) is 0 Å². The second kappa shape index (κ2) is 7.27. The molecule has 3 N–H and O–H groups in total. The van der Waals surface area contributed by atoms with Crippen LogP contribution in [0.25, 0.3) is 0 Å². The molecule has 5 heteroatoms. The second-order valence-corrected chi connectivity index (χ2v) is 3.51. The molecule has 5 nitrogen and oxygen atoms in total. The van der Waals surface area contributed by atoms with Crippen molar-refractivity contribution >= 4 is 12.2 Å². The number of unbranched alkanes of at least 4 members (excludes halogenated alkanes) is 1. The summed E-state index contributed by atoms with van der Waals surface area (Å²) in [5.41, 5.74) is 7.85. The molecule has 1 rings (SSSR count). The van der Waals surface area contributed by atoms with Crippen molar-refractivity contribution in [3.8, 4) is 5.75 Å². The Hall–Kier alpha value is -2.04. The van der Waals surface area contributed by atoms with E-state index in [0.29, 0.717) is 6.61 Å². The van der Waals surface area contributed by atoms with Crippen LogP contribution in [0.4, 0.5) is 4.79 Å². The number of rotatable bonds is 6. The van der Waals surface area contributed by atoms with Gasteiger partial charge in [0.05, 0.1) is 12.8 Å². The Morgan fingerprint density at radius 1 is 1.59 bits per heavy atom. The Morgan fingerprint density at radius 3 is 3.12 bits per heavy atom. The summed E-state index contributed by atoms with van der Waals surface area (Å²) in [4.78, 5) is 10.4. The molecule has 1 aromatic rings. The van der Waals surface area contributed by atoms with Gasteiger partial charge in [0, 0.05) is 0 Å². The number of amides is 2. The van der Waals surface area contributed by atoms with E-state index in [-0.39, 0.29) is 0 Å². The molecule has 0 heterocycles. The zero-order chi connectivity index (χ0) is 12.5. The average molecular weight is 235 g/mol. The van der Waals surface area contributed by atoms with E-state index in [0.717, 1.165) is 24.2 Å². The summed E-state index contributed by atoms with van der Waals surface area (Å²) < 4.78 is 5.54. The van der Waals surface area contributed by atoms with Crippen LogP contribution < -0.4 is 15.9 Å². The van der Waals surface area contributed by atoms with Crippen molar-refractivity contribution in [1.82, 2.24) is 5.43 Å². The molecule has 0 bridgehead atoms. The molecule has 0 aliphatic heterocycles. The SMILES string of the molecule is CCCCOc1cccc(/C=N/NC(N)=O)c1. The Kier molecular flexibility index (Phi) is 5.57. The smallest absolute Gasteiger partial charge is 0.332 e. The molecule has 0 unspecified atom stereocenters. The third-order valence-electron chi connectivity index (χ3n) is 2.01. The van der Waals surface area contributed by atoms with Crippen LogP contribution in [0.5, 0.6) is 5.75 Å². The molecule has 0 radical (unpaired) electrons. The van der Waals surface area contributed by atoms with Crippen molar-refractivity contribution < 1.29 is 9.53 Å². The number of ether oxygens (including phenoxy) is 1. The Balaban J connectivity index is 2.53. The second-order valence-electron chi connectivity index (χ2n) is 3.51. The molecule has 0 aliphatic rings. The standard InChI is InChI=1S/C12H17N3O2/c1-2-3-7-17-11-6-4-5-10(8-11)9-14-15-12(13)16/h4-6,8-9H,2-3,7H2,1H3,(H3,13,15,16)/b14-9+. The van der Waals surface area contributed by atoms with Gasteiger partial charge in [-0.05, 0) is 24.1 Å². The lowest BCUT2D eigenvalue weighted by molar-refractivity contribution is 0.249. The molecule has 0 saturated heterocycles. The molecule has 0 fully saturated rings. The summed E-state index contributed by atoms with van der Waals surface area (Å²) in [7, 11) is 0. The summed E-state index contributed by atoms with van der Waals surface area (Å²) in [5, 5.41) is 3.67. The van der Waals surface area contributed by atoms with Crippen molar-refractivity contribution in [1.29, 1.82) is 0 Å². The van der Waals surface area contributed by atoms with Crippen molar-refractivity contribution in [3.05, 3.63) is 29.8 Å². The first-order valence-corrected chi connectivity index (χ1v) is 5.53. The molecular formula is C12H17N3O2. The largest absolute Gasteiger partial charge is 0.494 e. The van der Waals surface area contributed by atoms with Crippen LogP contribution in [0.3, 0.4) is 0 Å². The first-order valence-electron chi connectivity index (χ1n) is 5.53. The van der Waals surface area contributed by atoms with Gasteiger partial charge in [0.25, 0.3) is 0 Å². The van der Waals surface area contributed by atoms with Crippen molar-refractivity contribution in [2.75, 3.05) is 6.61 Å². The van der Waals surface area contributed by atoms with E-state index in [9.17, 15) is 4.79 Å². The third-order valence-corrected chi connectivity index (χ3v) is 2.01. The minimum absolute atomic E-state index is 0.684. The highest BCUT2D eigenvalue weighted by Gasteiger charge is 1.95. The summed E-state index contributed by atoms with van der Waals surface area (Å²) in [6.45, 7) is 2.82. The minimum atomic E-state index is -0.684. The minimum Gasteiger partial charge on any atom is -0.494 e. The number of nitrogens with two attached hydrogens (primary N) is 1. The quantitative estimate of drug-likeness (QED) is 0.448. The number of nitrogens with zero attached hydrogens (tertiary/aromatic N) is 1. The fraction of sp³-hybridized carbons (Fsp3) is 0.333. The zero-order valence-electron chi connectivity index (χ0n) is 9.85. The number of carbonyl (C=O) groups is 1. The fourth-order valence-corrected chi connectivity index (χ4v) is 1.19. The molecule has 0 spiro atoms. The molecule has 1 aromatic carbocycles. The van der Waals surface area contributed by atoms with E-state index in [1.807, 2.05) is 24.3 Å². The number of primary amides is 1. The lowest BCUT2D eigenvalue weighted by atomic mass is 10.2. The number of carbonyl (C=O) groups excluding carboxylic acids is 1. The molecule has 0 aromatic heterocycles. The van der Waals surface area contributed by atoms with Gasteiger partial charge in [-0.25, -0.2) is 10.2 Å². The van der Waals surface area contributed by atoms with E-state index < -0.39 is 6.03 Å². The van der Waals surface area contributed by atoms with Crippen LogP contribution in [-0.2, 0) is 0 Å². The van der Waals surface area contributed by atoms with Crippen LogP contribution in [-0.4, -0.2) is 18.9 Å². The predicted molar refractivity (Wildman–Crippen MR) is 67.2 cm³/mol. The van der Waals surface area contributed by atoms with Crippen molar-refractivity contribution in [2.45, 2.75) is 19.8 Å². The highest BCUT2D eigenvalue weighted by atomic mass is 16.5. The topological polar surface area (TPSA) is 76.7 Å². The van der Waals surface area contributed by atoms with Crippen molar-refractivity contribution in [3.63, 3.8) is 0 Å². The predicted octanol–water partition coefficient (Wildman–Crippen LogP) is 1.87. The highest BCUT2D eigenvalue weighted by Crippen LogP contribution is 2.12. The maximum absolute atomic E-state index is 10.4. The molecule has 0 atom stereocenters. The Bertz CT molecular complexity index is 391. The number of hydrazone groups is 1. The number of hydrogen-bond acceptors (Lipinski definition) is 3. The van der Waals surface area contributed by atoms with E-state index in [4.69, 9.17) is 10.5 Å². The molecule has 0 saturated carbocycles. The Labute approximate surface area is 101 Å². The molecule has 0 aliphatic carbocycles. The maximum Gasteiger partial charge on any atom is 0.332 e. The fourth-order valence-electron chi connectivity index (χ4n) is 1.19. The summed E-state index contributed by atoms with van der Waals surface area (Å²) in [6, 6.07) is 6.78. The van der Waals surface area contributed by atoms with Crippen LogP contribution >= 0.6 is 0 Å². The van der Waals surface area contributed by atoms with Crippen LogP contribution in [0.1, 0.15) is 25.3 Å². The van der Waals surface area contributed by atoms with Gasteiger partial charge in [0.1, 0.15) is 5.75 Å². The van der Waals surface area contributed by atoms with Gasteiger partial charge in [-0.1, -0.05) is 25.5 Å². The Morgan fingerprint density at radius 2 is 2.41 bits per heavy atom. The summed E-state index contributed by atoms with van der Waals surface area (Å²) in [6.07, 6.45) is 3.64. The van der Waals surface area contributed by atoms with Gasteiger partial charge >= 0.3 is 6.03 Å². The molecule has 92 valence electrons. The number of benzene rings is 1. The van der Waals surface area contributed by atoms with Gasteiger partial charge in [-0.2, -0.15) is 5.10 Å². The van der Waals surface area contributed by atoms with Gasteiger partial charge < -0.3 is 10.5 Å². The van der Waals surface area contributed by atoms with Crippen LogP contribution in [0.15, 0.2) is 29.4 Å². The summed E-state index contributed by atoms with van der Waals surface area (Å²) in [5.74, 6) is 0.793. The number of hydrogen-bond donors (Lipinski definition) is 2. The third kappa shape index (κ3) is 5.55. The maximum atomic E-state index is 10.4. The van der Waals surface area contributed by atoms with Gasteiger partial charge in [0.15, 0.2) is 0 Å². The van der Waals surface area contributed by atoms with Gasteiger partial charge in [-0.15, -0.1) is 0 Å². The van der Waals surface area contributed by atoms with Crippen LogP contribution in [0.2, 0.25) is 0 Å². The van der Waals surface area contributed by atoms with E-state index in [1.54, 1.807) is 0 Å². The van der Waals surface area contributed by atoms with Gasteiger partial charge in [0.2, 0.25) is 0 Å². The lowest BCUT2D eigenvalue weighted by Crippen LogP contribution is -2.24. The van der Waals surface area contributed by atoms with E-state index >= 15 is 0 Å². The highest BCUT2D eigenvalue weighted by molar-refractivity contribution is 5.81. The molecule has 17 heavy (non-hydrogen) atoms. The van der Waals surface area contributed by atoms with E-state index in [1.165, 1.54) is 6.21 Å². The number of nitrogens with one attached hydrogen (secondary N) is 1.